The summed E-state index contributed by atoms with van der Waals surface area (Å²) in [5.41, 5.74) is 4.15. The normalized spacial score (nSPS) is 12.3. The monoisotopic (exact) mass is 497 g/mol. The number of nitrogens with zero attached hydrogens (tertiary/aromatic N) is 3. The lowest BCUT2D eigenvalue weighted by atomic mass is 10.1. The summed E-state index contributed by atoms with van der Waals surface area (Å²) in [5, 5.41) is 1.70. The first-order valence-electron chi connectivity index (χ1n) is 10.6. The summed E-state index contributed by atoms with van der Waals surface area (Å²) < 4.78 is 0. The van der Waals surface area contributed by atoms with E-state index in [0.717, 1.165) is 55.1 Å². The third kappa shape index (κ3) is 3.84. The number of hydrogen-bond acceptors (Lipinski definition) is 5. The van der Waals surface area contributed by atoms with Crippen molar-refractivity contribution < 1.29 is 4.79 Å². The minimum atomic E-state index is -0.160. The van der Waals surface area contributed by atoms with Crippen LogP contribution in [-0.4, -0.2) is 15.2 Å². The van der Waals surface area contributed by atoms with E-state index >= 15 is 0 Å². The Kier molecular flexibility index (Phi) is 5.49. The second kappa shape index (κ2) is 8.80. The molecule has 6 rings (SSSR count). The molecule has 1 amide bonds. The number of aromatic nitrogens is 2. The third-order valence-electron chi connectivity index (χ3n) is 5.48. The summed E-state index contributed by atoms with van der Waals surface area (Å²) in [6.45, 7) is 0. The van der Waals surface area contributed by atoms with Crippen LogP contribution in [0.25, 0.3) is 22.2 Å². The van der Waals surface area contributed by atoms with Crippen LogP contribution in [0, 0.1) is 0 Å². The molecule has 7 heteroatoms. The number of fused-ring (bicyclic) bond motifs is 3. The van der Waals surface area contributed by atoms with Gasteiger partial charge in [0.1, 0.15) is 0 Å². The van der Waals surface area contributed by atoms with Crippen LogP contribution in [0.1, 0.15) is 0 Å². The van der Waals surface area contributed by atoms with Gasteiger partial charge in [0, 0.05) is 37.5 Å². The van der Waals surface area contributed by atoms with Crippen molar-refractivity contribution in [1.82, 2.24) is 9.97 Å². The van der Waals surface area contributed by atoms with Crippen molar-refractivity contribution in [3.8, 4) is 11.3 Å². The van der Waals surface area contributed by atoms with Crippen molar-refractivity contribution in [2.24, 2.45) is 0 Å². The molecule has 0 atom stereocenters. The number of hydrogen-bond donors (Lipinski definition) is 0. The summed E-state index contributed by atoms with van der Waals surface area (Å²) in [5.74, 6) is 0. The van der Waals surface area contributed by atoms with Crippen LogP contribution in [0.3, 0.4) is 0 Å². The van der Waals surface area contributed by atoms with E-state index in [0.29, 0.717) is 10.2 Å². The van der Waals surface area contributed by atoms with Gasteiger partial charge in [0.2, 0.25) is 0 Å². The van der Waals surface area contributed by atoms with Crippen LogP contribution in [-0.2, 0) is 0 Å². The Morgan fingerprint density at radius 2 is 1.44 bits per heavy atom. The Morgan fingerprint density at radius 1 is 0.794 bits per heavy atom. The SMILES string of the molecule is O=C(Sc1nc(-c2ccccc2)c2cc(Cl)ccc2n1)N1c2ccccc2Sc2ccccc21. The molecule has 34 heavy (non-hydrogen) atoms. The number of rotatable bonds is 2. The zero-order chi connectivity index (χ0) is 23.1. The van der Waals surface area contributed by atoms with E-state index in [9.17, 15) is 4.79 Å². The summed E-state index contributed by atoms with van der Waals surface area (Å²) in [4.78, 5) is 27.0. The van der Waals surface area contributed by atoms with Crippen molar-refractivity contribution in [2.45, 2.75) is 14.9 Å². The van der Waals surface area contributed by atoms with Crippen molar-refractivity contribution >= 4 is 62.6 Å². The Labute approximate surface area is 210 Å². The average molecular weight is 498 g/mol. The Morgan fingerprint density at radius 3 is 2.15 bits per heavy atom. The maximum absolute atomic E-state index is 13.7. The van der Waals surface area contributed by atoms with E-state index in [4.69, 9.17) is 16.6 Å². The molecule has 164 valence electrons. The number of thioether (sulfide) groups is 1. The Hall–Kier alpha value is -3.32. The predicted molar refractivity (Wildman–Crippen MR) is 140 cm³/mol. The lowest BCUT2D eigenvalue weighted by molar-refractivity contribution is 0.266. The first kappa shape index (κ1) is 21.2. The molecule has 0 unspecified atom stereocenters. The first-order chi connectivity index (χ1) is 16.7. The van der Waals surface area contributed by atoms with Gasteiger partial charge >= 0.3 is 0 Å². The molecule has 4 aromatic carbocycles. The van der Waals surface area contributed by atoms with E-state index in [1.54, 1.807) is 22.7 Å². The fourth-order valence-corrected chi connectivity index (χ4v) is 5.92. The molecule has 0 N–H and O–H groups in total. The predicted octanol–water partition coefficient (Wildman–Crippen LogP) is 8.47. The van der Waals surface area contributed by atoms with Gasteiger partial charge in [-0.3, -0.25) is 9.69 Å². The van der Waals surface area contributed by atoms with Gasteiger partial charge in [-0.1, -0.05) is 78.0 Å². The Balaban J connectivity index is 1.45. The van der Waals surface area contributed by atoms with Gasteiger partial charge in [-0.05, 0) is 42.5 Å². The molecule has 1 aliphatic heterocycles. The van der Waals surface area contributed by atoms with Crippen molar-refractivity contribution in [3.63, 3.8) is 0 Å². The maximum atomic E-state index is 13.7. The number of amides is 1. The van der Waals surface area contributed by atoms with Crippen LogP contribution < -0.4 is 4.90 Å². The molecule has 1 aromatic heterocycles. The summed E-state index contributed by atoms with van der Waals surface area (Å²) in [6.07, 6.45) is 0. The van der Waals surface area contributed by atoms with E-state index in [2.05, 4.69) is 4.98 Å². The summed E-state index contributed by atoms with van der Waals surface area (Å²) in [6, 6.07) is 31.3. The number of carbonyl (C=O) groups is 1. The lowest BCUT2D eigenvalue weighted by Gasteiger charge is -2.30. The minimum absolute atomic E-state index is 0.160. The van der Waals surface area contributed by atoms with Crippen molar-refractivity contribution in [2.75, 3.05) is 4.90 Å². The van der Waals surface area contributed by atoms with Gasteiger partial charge in [0.25, 0.3) is 5.24 Å². The number of halogens is 1. The largest absolute Gasteiger partial charge is 0.298 e. The smallest absolute Gasteiger partial charge is 0.269 e. The van der Waals surface area contributed by atoms with Crippen molar-refractivity contribution in [1.29, 1.82) is 0 Å². The van der Waals surface area contributed by atoms with E-state index < -0.39 is 0 Å². The van der Waals surface area contributed by atoms with Crippen LogP contribution in [0.5, 0.6) is 0 Å². The second-order valence-electron chi connectivity index (χ2n) is 7.62. The highest BCUT2D eigenvalue weighted by atomic mass is 35.5. The standard InChI is InChI=1S/C27H16ClN3OS2/c28-18-14-15-20-19(16-18)25(17-8-2-1-3-9-17)30-26(29-20)34-27(32)31-21-10-4-6-12-23(21)33-24-13-7-5-11-22(24)31/h1-16H. The summed E-state index contributed by atoms with van der Waals surface area (Å²) in [7, 11) is 0. The quantitative estimate of drug-likeness (QED) is 0.181. The Bertz CT molecular complexity index is 1510. The fourth-order valence-electron chi connectivity index (χ4n) is 3.97. The van der Waals surface area contributed by atoms with Crippen LogP contribution in [0.4, 0.5) is 16.2 Å². The lowest BCUT2D eigenvalue weighted by Crippen LogP contribution is -2.24. The van der Waals surface area contributed by atoms with Crippen LogP contribution in [0.15, 0.2) is 112 Å². The van der Waals surface area contributed by atoms with E-state index in [-0.39, 0.29) is 5.24 Å². The van der Waals surface area contributed by atoms with Gasteiger partial charge in [-0.25, -0.2) is 9.97 Å². The molecular formula is C27H16ClN3OS2. The molecule has 1 aliphatic rings. The highest BCUT2D eigenvalue weighted by Gasteiger charge is 2.29. The number of anilines is 2. The molecule has 0 saturated carbocycles. The third-order valence-corrected chi connectivity index (χ3v) is 7.57. The molecule has 5 aromatic rings. The molecule has 2 heterocycles. The van der Waals surface area contributed by atoms with E-state index in [1.165, 1.54) is 0 Å². The minimum Gasteiger partial charge on any atom is -0.269 e. The zero-order valence-electron chi connectivity index (χ0n) is 17.7. The first-order valence-corrected chi connectivity index (χ1v) is 12.6. The molecule has 0 radical (unpaired) electrons. The van der Waals surface area contributed by atoms with Gasteiger partial charge in [0.15, 0.2) is 5.16 Å². The van der Waals surface area contributed by atoms with Gasteiger partial charge < -0.3 is 0 Å². The number of para-hydroxylation sites is 2. The van der Waals surface area contributed by atoms with Crippen LogP contribution >= 0.6 is 35.1 Å². The molecule has 4 nitrogen and oxygen atoms in total. The van der Waals surface area contributed by atoms with E-state index in [1.807, 2.05) is 91.0 Å². The summed E-state index contributed by atoms with van der Waals surface area (Å²) >= 11 is 8.97. The molecule has 0 bridgehead atoms. The highest BCUT2D eigenvalue weighted by Crippen LogP contribution is 2.49. The molecule has 0 saturated heterocycles. The topological polar surface area (TPSA) is 46.1 Å². The van der Waals surface area contributed by atoms with Gasteiger partial charge in [-0.2, -0.15) is 0 Å². The molecule has 0 fully saturated rings. The zero-order valence-corrected chi connectivity index (χ0v) is 20.1. The molecular weight excluding hydrogens is 482 g/mol. The maximum Gasteiger partial charge on any atom is 0.298 e. The van der Waals surface area contributed by atoms with Gasteiger partial charge in [-0.15, -0.1) is 0 Å². The molecule has 0 spiro atoms. The number of benzene rings is 4. The second-order valence-corrected chi connectivity index (χ2v) is 10.1. The average Bonchev–Trinajstić information content (AvgIpc) is 2.87. The highest BCUT2D eigenvalue weighted by molar-refractivity contribution is 8.13. The fraction of sp³-hybridized carbons (Fsp3) is 0. The van der Waals surface area contributed by atoms with Crippen molar-refractivity contribution in [3.05, 3.63) is 102 Å². The molecule has 0 aliphatic carbocycles. The van der Waals surface area contributed by atoms with Crippen LogP contribution in [0.2, 0.25) is 5.02 Å². The van der Waals surface area contributed by atoms with Gasteiger partial charge in [0.05, 0.1) is 22.6 Å². The number of carbonyl (C=O) groups excluding carboxylic acids is 1.